The highest BCUT2D eigenvalue weighted by molar-refractivity contribution is 5.88. The second-order valence-corrected chi connectivity index (χ2v) is 5.21. The van der Waals surface area contributed by atoms with Gasteiger partial charge in [-0.25, -0.2) is 0 Å². The Bertz CT molecular complexity index is 367. The number of hydrogen-bond donors (Lipinski definition) is 2. The fraction of sp³-hybridized carbons (Fsp3) is 0.562. The topological polar surface area (TPSA) is 41.1 Å². The smallest absolute Gasteiger partial charge is 0.221 e. The average Bonchev–Trinajstić information content (AvgIpc) is 2.27. The van der Waals surface area contributed by atoms with Gasteiger partial charge < -0.3 is 10.6 Å². The van der Waals surface area contributed by atoms with Gasteiger partial charge in [0.25, 0.3) is 0 Å². The zero-order valence-electron chi connectivity index (χ0n) is 13.1. The van der Waals surface area contributed by atoms with Crippen molar-refractivity contribution >= 4 is 11.6 Å². The highest BCUT2D eigenvalue weighted by Gasteiger charge is 1.95. The maximum Gasteiger partial charge on any atom is 0.221 e. The molecule has 1 aromatic rings. The molecular formula is C16H28N2O. The van der Waals surface area contributed by atoms with Crippen molar-refractivity contribution in [2.75, 3.05) is 5.32 Å². The van der Waals surface area contributed by atoms with Gasteiger partial charge in [-0.3, -0.25) is 4.79 Å². The molecule has 3 nitrogen and oxygen atoms in total. The lowest BCUT2D eigenvalue weighted by Crippen LogP contribution is -2.29. The molecule has 0 unspecified atom stereocenters. The number of benzene rings is 1. The number of hydrogen-bond acceptors (Lipinski definition) is 2. The highest BCUT2D eigenvalue weighted by atomic mass is 16.1. The zero-order valence-corrected chi connectivity index (χ0v) is 13.1. The summed E-state index contributed by atoms with van der Waals surface area (Å²) in [5.41, 5.74) is 2.11. The Morgan fingerprint density at radius 2 is 1.74 bits per heavy atom. The van der Waals surface area contributed by atoms with Crippen molar-refractivity contribution in [2.45, 2.75) is 60.0 Å². The number of carbonyl (C=O) groups excluding carboxylic acids is 1. The number of aryl methyl sites for hydroxylation is 1. The molecule has 3 heteroatoms. The Morgan fingerprint density at radius 3 is 2.11 bits per heavy atom. The summed E-state index contributed by atoms with van der Waals surface area (Å²) >= 11 is 0. The lowest BCUT2D eigenvalue weighted by molar-refractivity contribution is -0.114. The van der Waals surface area contributed by atoms with Crippen molar-refractivity contribution < 1.29 is 4.79 Å². The van der Waals surface area contributed by atoms with E-state index in [1.165, 1.54) is 12.5 Å². The molecule has 2 N–H and O–H groups in total. The first kappa shape index (κ1) is 17.6. The van der Waals surface area contributed by atoms with E-state index in [2.05, 4.69) is 45.3 Å². The van der Waals surface area contributed by atoms with Crippen molar-refractivity contribution in [1.29, 1.82) is 0 Å². The molecule has 0 bridgehead atoms. The van der Waals surface area contributed by atoms with E-state index in [1.807, 2.05) is 24.3 Å². The monoisotopic (exact) mass is 264 g/mol. The third kappa shape index (κ3) is 10.3. The molecule has 0 aliphatic heterocycles. The number of carbonyl (C=O) groups is 1. The second-order valence-electron chi connectivity index (χ2n) is 5.21. The molecule has 0 heterocycles. The second kappa shape index (κ2) is 9.56. The van der Waals surface area contributed by atoms with E-state index in [0.717, 1.165) is 12.1 Å². The number of rotatable bonds is 4. The van der Waals surface area contributed by atoms with Crippen LogP contribution in [0, 0.1) is 0 Å². The summed E-state index contributed by atoms with van der Waals surface area (Å²) in [5.74, 6) is -0.0248. The number of anilines is 1. The van der Waals surface area contributed by atoms with Crippen LogP contribution >= 0.6 is 0 Å². The first-order chi connectivity index (χ1) is 8.85. The van der Waals surface area contributed by atoms with Gasteiger partial charge in [0.1, 0.15) is 0 Å². The van der Waals surface area contributed by atoms with Gasteiger partial charge in [0.2, 0.25) is 5.91 Å². The minimum atomic E-state index is -0.0248. The van der Waals surface area contributed by atoms with Gasteiger partial charge >= 0.3 is 0 Å². The molecule has 1 amide bonds. The summed E-state index contributed by atoms with van der Waals surface area (Å²) in [5, 5.41) is 6.05. The van der Waals surface area contributed by atoms with Crippen LogP contribution in [0.15, 0.2) is 24.3 Å². The molecule has 0 fully saturated rings. The van der Waals surface area contributed by atoms with Crippen LogP contribution in [0.1, 0.15) is 47.1 Å². The van der Waals surface area contributed by atoms with Crippen molar-refractivity contribution in [3.8, 4) is 0 Å². The van der Waals surface area contributed by atoms with Crippen molar-refractivity contribution in [2.24, 2.45) is 0 Å². The molecule has 0 aliphatic carbocycles. The van der Waals surface area contributed by atoms with E-state index in [1.54, 1.807) is 0 Å². The summed E-state index contributed by atoms with van der Waals surface area (Å²) in [6.07, 6.45) is 0.993. The summed E-state index contributed by atoms with van der Waals surface area (Å²) < 4.78 is 0. The van der Waals surface area contributed by atoms with E-state index in [0.29, 0.717) is 12.1 Å². The van der Waals surface area contributed by atoms with Crippen LogP contribution in [0.2, 0.25) is 0 Å². The maximum atomic E-state index is 10.7. The van der Waals surface area contributed by atoms with Crippen LogP contribution in [-0.4, -0.2) is 18.0 Å². The summed E-state index contributed by atoms with van der Waals surface area (Å²) in [7, 11) is 0. The largest absolute Gasteiger partial charge is 0.326 e. The van der Waals surface area contributed by atoms with Gasteiger partial charge in [-0.2, -0.15) is 0 Å². The maximum absolute atomic E-state index is 10.7. The summed E-state index contributed by atoms with van der Waals surface area (Å²) in [6.45, 7) is 12.2. The molecule has 0 saturated carbocycles. The lowest BCUT2D eigenvalue weighted by Gasteiger charge is -2.10. The first-order valence-electron chi connectivity index (χ1n) is 6.97. The molecule has 1 aromatic carbocycles. The third-order valence-electron chi connectivity index (χ3n) is 2.32. The SMILES string of the molecule is CC(C)NC(C)C.CCc1cccc(NC(C)=O)c1. The number of nitrogens with one attached hydrogen (secondary N) is 2. The minimum absolute atomic E-state index is 0.0248. The Labute approximate surface area is 117 Å². The minimum Gasteiger partial charge on any atom is -0.326 e. The van der Waals surface area contributed by atoms with Crippen LogP contribution in [0.4, 0.5) is 5.69 Å². The molecule has 0 saturated heterocycles. The lowest BCUT2D eigenvalue weighted by atomic mass is 10.1. The van der Waals surface area contributed by atoms with E-state index in [9.17, 15) is 4.79 Å². The normalized spacial score (nSPS) is 10.1. The first-order valence-corrected chi connectivity index (χ1v) is 6.97. The predicted octanol–water partition coefficient (Wildman–Crippen LogP) is 3.60. The molecule has 19 heavy (non-hydrogen) atoms. The van der Waals surface area contributed by atoms with Crippen LogP contribution in [0.5, 0.6) is 0 Å². The molecule has 0 aliphatic rings. The Kier molecular flexibility index (Phi) is 8.88. The average molecular weight is 264 g/mol. The van der Waals surface area contributed by atoms with Crippen LogP contribution in [-0.2, 0) is 11.2 Å². The Morgan fingerprint density at radius 1 is 1.16 bits per heavy atom. The van der Waals surface area contributed by atoms with E-state index >= 15 is 0 Å². The third-order valence-corrected chi connectivity index (χ3v) is 2.32. The molecular weight excluding hydrogens is 236 g/mol. The highest BCUT2D eigenvalue weighted by Crippen LogP contribution is 2.10. The standard InChI is InChI=1S/C10H13NO.C6H15N/c1-3-9-5-4-6-10(7-9)11-8(2)12;1-5(2)7-6(3)4/h4-7H,3H2,1-2H3,(H,11,12);5-7H,1-4H3. The molecule has 108 valence electrons. The van der Waals surface area contributed by atoms with E-state index in [4.69, 9.17) is 0 Å². The van der Waals surface area contributed by atoms with Gasteiger partial charge in [0.15, 0.2) is 0 Å². The van der Waals surface area contributed by atoms with Crippen LogP contribution in [0.3, 0.4) is 0 Å². The van der Waals surface area contributed by atoms with Crippen molar-refractivity contribution in [1.82, 2.24) is 5.32 Å². The number of amides is 1. The fourth-order valence-corrected chi connectivity index (χ4v) is 1.74. The molecule has 0 atom stereocenters. The van der Waals surface area contributed by atoms with E-state index < -0.39 is 0 Å². The van der Waals surface area contributed by atoms with Crippen molar-refractivity contribution in [3.05, 3.63) is 29.8 Å². The molecule has 1 rings (SSSR count). The van der Waals surface area contributed by atoms with Gasteiger partial charge in [-0.05, 0) is 24.1 Å². The van der Waals surface area contributed by atoms with Crippen LogP contribution in [0.25, 0.3) is 0 Å². The molecule has 0 aromatic heterocycles. The van der Waals surface area contributed by atoms with Gasteiger partial charge in [0.05, 0.1) is 0 Å². The molecule has 0 radical (unpaired) electrons. The fourth-order valence-electron chi connectivity index (χ4n) is 1.74. The van der Waals surface area contributed by atoms with Gasteiger partial charge in [-0.1, -0.05) is 46.8 Å². The Hall–Kier alpha value is -1.35. The van der Waals surface area contributed by atoms with Crippen LogP contribution < -0.4 is 10.6 Å². The van der Waals surface area contributed by atoms with Crippen molar-refractivity contribution in [3.63, 3.8) is 0 Å². The zero-order chi connectivity index (χ0) is 14.8. The Balaban J connectivity index is 0.000000399. The van der Waals surface area contributed by atoms with E-state index in [-0.39, 0.29) is 5.91 Å². The summed E-state index contributed by atoms with van der Waals surface area (Å²) in [6, 6.07) is 9.12. The summed E-state index contributed by atoms with van der Waals surface area (Å²) in [4.78, 5) is 10.7. The van der Waals surface area contributed by atoms with Gasteiger partial charge in [-0.15, -0.1) is 0 Å². The van der Waals surface area contributed by atoms with Gasteiger partial charge in [0, 0.05) is 24.7 Å². The predicted molar refractivity (Wildman–Crippen MR) is 83.5 cm³/mol. The quantitative estimate of drug-likeness (QED) is 0.872. The molecule has 0 spiro atoms.